The van der Waals surface area contributed by atoms with Gasteiger partial charge in [0.05, 0.1) is 18.8 Å². The summed E-state index contributed by atoms with van der Waals surface area (Å²) in [6, 6.07) is 6.03. The molecule has 4 aromatic rings. The Hall–Kier alpha value is -4.63. The maximum absolute atomic E-state index is 15.1. The lowest BCUT2D eigenvalue weighted by molar-refractivity contribution is -0.275. The Kier molecular flexibility index (Phi) is 10.8. The molecule has 0 saturated carbocycles. The van der Waals surface area contributed by atoms with Crippen molar-refractivity contribution in [2.24, 2.45) is 5.92 Å². The molecule has 4 aromatic carbocycles. The van der Waals surface area contributed by atoms with Gasteiger partial charge in [0.2, 0.25) is 0 Å². The molecule has 4 nitrogen and oxygen atoms in total. The number of rotatable bonds is 10. The third-order valence-electron chi connectivity index (χ3n) is 7.56. The number of allylic oxidation sites excluding steroid dienone is 2. The van der Waals surface area contributed by atoms with E-state index < -0.39 is 87.4 Å². The van der Waals surface area contributed by atoms with Crippen LogP contribution in [0, 0.1) is 40.8 Å². The van der Waals surface area contributed by atoms with E-state index >= 15 is 26.3 Å². The van der Waals surface area contributed by atoms with Crippen molar-refractivity contribution in [3.8, 4) is 33.8 Å². The average molecular weight is 719 g/mol. The second-order valence-electron chi connectivity index (χ2n) is 11.1. The maximum Gasteiger partial charge on any atom is 0.573 e. The van der Waals surface area contributed by atoms with Crippen LogP contribution in [0.1, 0.15) is 37.2 Å². The summed E-state index contributed by atoms with van der Waals surface area (Å²) in [5.41, 5.74) is -4.46. The van der Waals surface area contributed by atoms with E-state index in [4.69, 9.17) is 9.47 Å². The van der Waals surface area contributed by atoms with Crippen LogP contribution in [-0.2, 0) is 15.6 Å². The smallest absolute Gasteiger partial charge is 0.429 e. The highest BCUT2D eigenvalue weighted by Crippen LogP contribution is 2.40. The fourth-order valence-electron chi connectivity index (χ4n) is 5.27. The molecule has 0 atom stereocenters. The zero-order valence-corrected chi connectivity index (χ0v) is 25.7. The van der Waals surface area contributed by atoms with Gasteiger partial charge in [-0.2, -0.15) is 8.78 Å². The highest BCUT2D eigenvalue weighted by atomic mass is 19.4. The van der Waals surface area contributed by atoms with Crippen molar-refractivity contribution in [2.45, 2.75) is 38.5 Å². The molecule has 0 N–H and O–H groups in total. The molecule has 1 fully saturated rings. The molecule has 1 aliphatic heterocycles. The van der Waals surface area contributed by atoms with E-state index in [9.17, 15) is 22.0 Å². The first-order valence-electron chi connectivity index (χ1n) is 14.8. The van der Waals surface area contributed by atoms with Crippen LogP contribution in [0.2, 0.25) is 0 Å². The van der Waals surface area contributed by atoms with Crippen LogP contribution in [0.5, 0.6) is 11.5 Å². The van der Waals surface area contributed by atoms with Crippen LogP contribution in [0.15, 0.2) is 72.8 Å². The van der Waals surface area contributed by atoms with Gasteiger partial charge in [-0.1, -0.05) is 18.2 Å². The molecule has 0 unspecified atom stereocenters. The summed E-state index contributed by atoms with van der Waals surface area (Å²) in [7, 11) is 0. The summed E-state index contributed by atoms with van der Waals surface area (Å²) in [6.07, 6.45) is -5.68. The van der Waals surface area contributed by atoms with Gasteiger partial charge < -0.3 is 18.9 Å². The molecule has 0 radical (unpaired) electrons. The van der Waals surface area contributed by atoms with Gasteiger partial charge in [-0.15, -0.1) is 13.2 Å². The zero-order chi connectivity index (χ0) is 36.4. The topological polar surface area (TPSA) is 36.9 Å². The van der Waals surface area contributed by atoms with Crippen LogP contribution < -0.4 is 9.47 Å². The predicted molar refractivity (Wildman–Crippen MR) is 157 cm³/mol. The molecule has 1 aliphatic rings. The molecule has 1 heterocycles. The quantitative estimate of drug-likeness (QED) is 0.121. The van der Waals surface area contributed by atoms with Gasteiger partial charge in [0.25, 0.3) is 0 Å². The van der Waals surface area contributed by atoms with Gasteiger partial charge in [-0.3, -0.25) is 0 Å². The summed E-state index contributed by atoms with van der Waals surface area (Å²) < 4.78 is 176. The second-order valence-corrected chi connectivity index (χ2v) is 11.1. The number of hydrogen-bond acceptors (Lipinski definition) is 4. The van der Waals surface area contributed by atoms with Gasteiger partial charge in [-0.05, 0) is 79.4 Å². The van der Waals surface area contributed by atoms with Gasteiger partial charge in [0, 0.05) is 23.1 Å². The number of ether oxygens (including phenoxy) is 4. The van der Waals surface area contributed by atoms with Crippen molar-refractivity contribution in [3.63, 3.8) is 0 Å². The van der Waals surface area contributed by atoms with Gasteiger partial charge in [-0.25, -0.2) is 26.3 Å². The monoisotopic (exact) mass is 718 g/mol. The second kappa shape index (κ2) is 14.7. The number of benzene rings is 4. The largest absolute Gasteiger partial charge is 0.573 e. The van der Waals surface area contributed by atoms with Crippen LogP contribution in [0.3, 0.4) is 0 Å². The van der Waals surface area contributed by atoms with Gasteiger partial charge in [0.15, 0.2) is 17.9 Å². The fourth-order valence-corrected chi connectivity index (χ4v) is 5.27. The normalized spacial score (nSPS) is 17.0. The van der Waals surface area contributed by atoms with Crippen molar-refractivity contribution in [2.75, 3.05) is 13.2 Å². The summed E-state index contributed by atoms with van der Waals surface area (Å²) in [5, 5.41) is 0. The molecule has 5 rings (SSSR count). The Morgan fingerprint density at radius 2 is 1.32 bits per heavy atom. The van der Waals surface area contributed by atoms with E-state index in [0.29, 0.717) is 18.2 Å². The molecule has 0 aromatic heterocycles. The minimum Gasteiger partial charge on any atom is -0.429 e. The standard InChI is InChI=1S/C35H25F11O4/c1-2-3-4-5-18-16-47-33(48-17-18)21-13-26(38)31(27(39)14-21)20-11-28(40)32(29(41)12-20)34(42,43)49-22-7-8-23(24(36)15-22)19-6-9-30(25(37)10-19)50-35(44,45)46/h2-3,6-15,18,33H,4-5,16-17H2,1H3/b3-2+. The van der Waals surface area contributed by atoms with E-state index in [2.05, 4.69) is 9.47 Å². The van der Waals surface area contributed by atoms with E-state index in [-0.39, 0.29) is 42.4 Å². The lowest BCUT2D eigenvalue weighted by Crippen LogP contribution is -2.27. The molecule has 50 heavy (non-hydrogen) atoms. The SMILES string of the molecule is C/C=C/CCC1COC(c2cc(F)c(-c3cc(F)c(C(F)(F)Oc4ccc(-c5ccc(OC(F)(F)F)c(F)c5)c(F)c4)c(F)c3)c(F)c2)OC1. The first-order chi connectivity index (χ1) is 23.6. The molecule has 0 spiro atoms. The molecule has 266 valence electrons. The van der Waals surface area contributed by atoms with Crippen molar-refractivity contribution >= 4 is 0 Å². The fraction of sp³-hybridized carbons (Fsp3) is 0.257. The third kappa shape index (κ3) is 8.38. The molecule has 0 bridgehead atoms. The highest BCUT2D eigenvalue weighted by molar-refractivity contribution is 5.67. The zero-order valence-electron chi connectivity index (χ0n) is 25.7. The summed E-state index contributed by atoms with van der Waals surface area (Å²) in [5.74, 6) is -11.4. The molecule has 0 amide bonds. The van der Waals surface area contributed by atoms with E-state index in [1.54, 1.807) is 0 Å². The molecular formula is C35H25F11O4. The van der Waals surface area contributed by atoms with Gasteiger partial charge in [0.1, 0.15) is 40.4 Å². The van der Waals surface area contributed by atoms with Crippen molar-refractivity contribution in [1.82, 2.24) is 0 Å². The van der Waals surface area contributed by atoms with E-state index in [1.165, 1.54) is 0 Å². The van der Waals surface area contributed by atoms with E-state index in [0.717, 1.165) is 43.2 Å². The Labute approximate surface area is 277 Å². The predicted octanol–water partition coefficient (Wildman–Crippen LogP) is 10.9. The minimum atomic E-state index is -5.20. The molecule has 15 heteroatoms. The maximum atomic E-state index is 15.1. The summed E-state index contributed by atoms with van der Waals surface area (Å²) >= 11 is 0. The third-order valence-corrected chi connectivity index (χ3v) is 7.56. The van der Waals surface area contributed by atoms with Crippen LogP contribution in [0.25, 0.3) is 22.3 Å². The number of alkyl halides is 5. The Bertz CT molecular complexity index is 1840. The summed E-state index contributed by atoms with van der Waals surface area (Å²) in [6.45, 7) is 2.40. The van der Waals surface area contributed by atoms with Crippen molar-refractivity contribution in [3.05, 3.63) is 119 Å². The van der Waals surface area contributed by atoms with Crippen molar-refractivity contribution in [1.29, 1.82) is 0 Å². The Morgan fingerprint density at radius 3 is 1.88 bits per heavy atom. The van der Waals surface area contributed by atoms with Gasteiger partial charge >= 0.3 is 12.5 Å². The summed E-state index contributed by atoms with van der Waals surface area (Å²) in [4.78, 5) is 0. The molecular weight excluding hydrogens is 693 g/mol. The number of hydrogen-bond donors (Lipinski definition) is 0. The Morgan fingerprint density at radius 1 is 0.700 bits per heavy atom. The Balaban J connectivity index is 1.33. The lowest BCUT2D eigenvalue weighted by atomic mass is 9.99. The number of halogens is 11. The van der Waals surface area contributed by atoms with Crippen LogP contribution in [-0.4, -0.2) is 19.6 Å². The van der Waals surface area contributed by atoms with Crippen LogP contribution >= 0.6 is 0 Å². The highest BCUT2D eigenvalue weighted by Gasteiger charge is 2.42. The average Bonchev–Trinajstić information content (AvgIpc) is 3.01. The van der Waals surface area contributed by atoms with E-state index in [1.807, 2.05) is 19.1 Å². The lowest BCUT2D eigenvalue weighted by Gasteiger charge is -2.29. The molecule has 0 aliphatic carbocycles. The van der Waals surface area contributed by atoms with Crippen LogP contribution in [0.4, 0.5) is 48.3 Å². The first-order valence-corrected chi connectivity index (χ1v) is 14.8. The van der Waals surface area contributed by atoms with Crippen molar-refractivity contribution < 1.29 is 67.2 Å². The first kappa shape index (κ1) is 36.6. The molecule has 1 saturated heterocycles. The minimum absolute atomic E-state index is 0.0518.